The summed E-state index contributed by atoms with van der Waals surface area (Å²) in [6.45, 7) is 0. The normalized spacial score (nSPS) is 17.6. The van der Waals surface area contributed by atoms with Crippen molar-refractivity contribution in [2.75, 3.05) is 0 Å². The molecule has 0 bridgehead atoms. The molecule has 0 spiro atoms. The van der Waals surface area contributed by atoms with Gasteiger partial charge in [-0.3, -0.25) is 0 Å². The van der Waals surface area contributed by atoms with Gasteiger partial charge in [-0.15, -0.1) is 0 Å². The van der Waals surface area contributed by atoms with Crippen molar-refractivity contribution in [1.82, 2.24) is 0 Å². The lowest BCUT2D eigenvalue weighted by molar-refractivity contribution is 0.564. The van der Waals surface area contributed by atoms with Crippen molar-refractivity contribution >= 4 is 21.5 Å². The van der Waals surface area contributed by atoms with Crippen molar-refractivity contribution in [3.63, 3.8) is 0 Å². The molecule has 3 aromatic carbocycles. The SMILES string of the molecule is N#CCC1CCCc2c1ccc1c2ccc2ccccc21. The van der Waals surface area contributed by atoms with Crippen LogP contribution in [-0.4, -0.2) is 0 Å². The summed E-state index contributed by atoms with van der Waals surface area (Å²) in [4.78, 5) is 0. The first-order chi connectivity index (χ1) is 10.4. The van der Waals surface area contributed by atoms with Crippen LogP contribution in [-0.2, 0) is 6.42 Å². The van der Waals surface area contributed by atoms with Crippen molar-refractivity contribution in [3.8, 4) is 6.07 Å². The fraction of sp³-hybridized carbons (Fsp3) is 0.250. The second kappa shape index (κ2) is 4.90. The van der Waals surface area contributed by atoms with Crippen LogP contribution in [0.1, 0.15) is 36.3 Å². The molecule has 4 rings (SSSR count). The average molecular weight is 271 g/mol. The zero-order valence-corrected chi connectivity index (χ0v) is 12.0. The monoisotopic (exact) mass is 271 g/mol. The standard InChI is InChI=1S/C20H17N/c21-13-12-15-5-3-7-18-17(15)10-11-19-16-6-2-1-4-14(16)8-9-20(18)19/h1-2,4,6,8-11,15H,3,5,7,12H2. The summed E-state index contributed by atoms with van der Waals surface area (Å²) in [5.74, 6) is 0.426. The van der Waals surface area contributed by atoms with Gasteiger partial charge in [-0.05, 0) is 57.9 Å². The molecule has 0 fully saturated rings. The lowest BCUT2D eigenvalue weighted by Crippen LogP contribution is -2.09. The van der Waals surface area contributed by atoms with E-state index in [0.29, 0.717) is 12.3 Å². The summed E-state index contributed by atoms with van der Waals surface area (Å²) in [6.07, 6.45) is 4.14. The minimum atomic E-state index is 0.426. The minimum absolute atomic E-state index is 0.426. The van der Waals surface area contributed by atoms with Crippen LogP contribution in [0.3, 0.4) is 0 Å². The Labute approximate surface area is 124 Å². The fourth-order valence-corrected chi connectivity index (χ4v) is 3.83. The molecule has 0 radical (unpaired) electrons. The molecule has 0 N–H and O–H groups in total. The number of nitrogens with zero attached hydrogens (tertiary/aromatic N) is 1. The Morgan fingerprint density at radius 1 is 0.952 bits per heavy atom. The van der Waals surface area contributed by atoms with Gasteiger partial charge in [0.2, 0.25) is 0 Å². The molecular weight excluding hydrogens is 254 g/mol. The number of nitriles is 1. The van der Waals surface area contributed by atoms with Gasteiger partial charge in [0.05, 0.1) is 6.07 Å². The molecule has 3 aromatic rings. The Morgan fingerprint density at radius 3 is 2.71 bits per heavy atom. The van der Waals surface area contributed by atoms with Gasteiger partial charge in [-0.1, -0.05) is 48.5 Å². The highest BCUT2D eigenvalue weighted by atomic mass is 14.3. The van der Waals surface area contributed by atoms with E-state index in [1.165, 1.54) is 39.1 Å². The summed E-state index contributed by atoms with van der Waals surface area (Å²) in [5.41, 5.74) is 2.88. The number of benzene rings is 3. The van der Waals surface area contributed by atoms with Gasteiger partial charge in [0.1, 0.15) is 0 Å². The minimum Gasteiger partial charge on any atom is -0.198 e. The van der Waals surface area contributed by atoms with Crippen LogP contribution in [0, 0.1) is 11.3 Å². The highest BCUT2D eigenvalue weighted by Gasteiger charge is 2.21. The summed E-state index contributed by atoms with van der Waals surface area (Å²) in [6, 6.07) is 20.0. The van der Waals surface area contributed by atoms with Gasteiger partial charge in [-0.2, -0.15) is 5.26 Å². The molecule has 0 saturated carbocycles. The Balaban J connectivity index is 2.02. The number of fused-ring (bicyclic) bond motifs is 5. The second-order valence-electron chi connectivity index (χ2n) is 5.97. The molecule has 0 heterocycles. The molecular formula is C20H17N. The van der Waals surface area contributed by atoms with Crippen molar-refractivity contribution in [2.45, 2.75) is 31.6 Å². The van der Waals surface area contributed by atoms with Crippen LogP contribution in [0.5, 0.6) is 0 Å². The van der Waals surface area contributed by atoms with Gasteiger partial charge in [0, 0.05) is 6.42 Å². The smallest absolute Gasteiger partial charge is 0.0628 e. The molecule has 0 aliphatic heterocycles. The summed E-state index contributed by atoms with van der Waals surface area (Å²) < 4.78 is 0. The van der Waals surface area contributed by atoms with Crippen molar-refractivity contribution in [2.24, 2.45) is 0 Å². The summed E-state index contributed by atoms with van der Waals surface area (Å²) >= 11 is 0. The van der Waals surface area contributed by atoms with E-state index in [1.807, 2.05) is 0 Å². The topological polar surface area (TPSA) is 23.8 Å². The maximum absolute atomic E-state index is 9.05. The number of rotatable bonds is 1. The van der Waals surface area contributed by atoms with Crippen molar-refractivity contribution < 1.29 is 0 Å². The van der Waals surface area contributed by atoms with Gasteiger partial charge >= 0.3 is 0 Å². The largest absolute Gasteiger partial charge is 0.198 e. The molecule has 1 aliphatic carbocycles. The van der Waals surface area contributed by atoms with Crippen LogP contribution in [0.25, 0.3) is 21.5 Å². The molecule has 1 unspecified atom stereocenters. The van der Waals surface area contributed by atoms with Gasteiger partial charge in [-0.25, -0.2) is 0 Å². The highest BCUT2D eigenvalue weighted by molar-refractivity contribution is 6.08. The van der Waals surface area contributed by atoms with E-state index in [2.05, 4.69) is 54.6 Å². The maximum atomic E-state index is 9.05. The van der Waals surface area contributed by atoms with E-state index >= 15 is 0 Å². The van der Waals surface area contributed by atoms with Crippen LogP contribution >= 0.6 is 0 Å². The maximum Gasteiger partial charge on any atom is 0.0628 e. The van der Waals surface area contributed by atoms with Crippen LogP contribution in [0.2, 0.25) is 0 Å². The van der Waals surface area contributed by atoms with E-state index in [0.717, 1.165) is 12.8 Å². The number of hydrogen-bond acceptors (Lipinski definition) is 1. The molecule has 0 aromatic heterocycles. The Kier molecular flexibility index (Phi) is 2.89. The van der Waals surface area contributed by atoms with E-state index < -0.39 is 0 Å². The third kappa shape index (κ3) is 1.91. The lowest BCUT2D eigenvalue weighted by Gasteiger charge is -2.25. The van der Waals surface area contributed by atoms with Crippen molar-refractivity contribution in [3.05, 3.63) is 59.7 Å². The Bertz CT molecular complexity index is 870. The number of aryl methyl sites for hydroxylation is 1. The van der Waals surface area contributed by atoms with Gasteiger partial charge in [0.15, 0.2) is 0 Å². The zero-order chi connectivity index (χ0) is 14.2. The predicted octanol–water partition coefficient (Wildman–Crippen LogP) is 5.33. The van der Waals surface area contributed by atoms with Crippen LogP contribution < -0.4 is 0 Å². The highest BCUT2D eigenvalue weighted by Crippen LogP contribution is 2.39. The first-order valence-corrected chi connectivity index (χ1v) is 7.68. The molecule has 1 aliphatic rings. The molecule has 1 nitrogen and oxygen atoms in total. The molecule has 1 atom stereocenters. The van der Waals surface area contributed by atoms with E-state index in [4.69, 9.17) is 5.26 Å². The van der Waals surface area contributed by atoms with Crippen LogP contribution in [0.15, 0.2) is 48.5 Å². The third-order valence-electron chi connectivity index (χ3n) is 4.83. The molecule has 1 heteroatoms. The average Bonchev–Trinajstić information content (AvgIpc) is 2.55. The Hall–Kier alpha value is -2.33. The summed E-state index contributed by atoms with van der Waals surface area (Å²) in [5, 5.41) is 14.4. The zero-order valence-electron chi connectivity index (χ0n) is 12.0. The lowest BCUT2D eigenvalue weighted by atomic mass is 9.79. The van der Waals surface area contributed by atoms with Crippen LogP contribution in [0.4, 0.5) is 0 Å². The van der Waals surface area contributed by atoms with Gasteiger partial charge in [0.25, 0.3) is 0 Å². The molecule has 21 heavy (non-hydrogen) atoms. The van der Waals surface area contributed by atoms with E-state index in [-0.39, 0.29) is 0 Å². The molecule has 0 amide bonds. The molecule has 102 valence electrons. The third-order valence-corrected chi connectivity index (χ3v) is 4.83. The first-order valence-electron chi connectivity index (χ1n) is 7.68. The van der Waals surface area contributed by atoms with E-state index in [9.17, 15) is 0 Å². The van der Waals surface area contributed by atoms with E-state index in [1.54, 1.807) is 0 Å². The quantitative estimate of drug-likeness (QED) is 0.549. The fourth-order valence-electron chi connectivity index (χ4n) is 3.83. The number of hydrogen-bond donors (Lipinski definition) is 0. The first kappa shape index (κ1) is 12.4. The van der Waals surface area contributed by atoms with Gasteiger partial charge < -0.3 is 0 Å². The van der Waals surface area contributed by atoms with Crippen molar-refractivity contribution in [1.29, 1.82) is 5.26 Å². The predicted molar refractivity (Wildman–Crippen MR) is 87.4 cm³/mol. The molecule has 0 saturated heterocycles. The Morgan fingerprint density at radius 2 is 1.81 bits per heavy atom. The second-order valence-corrected chi connectivity index (χ2v) is 5.97. The summed E-state index contributed by atoms with van der Waals surface area (Å²) in [7, 11) is 0.